The summed E-state index contributed by atoms with van der Waals surface area (Å²) in [5, 5.41) is 5.37. The van der Waals surface area contributed by atoms with Gasteiger partial charge in [0.2, 0.25) is 0 Å². The molecule has 0 bridgehead atoms. The van der Waals surface area contributed by atoms with Gasteiger partial charge in [-0.1, -0.05) is 12.2 Å². The van der Waals surface area contributed by atoms with E-state index in [1.807, 2.05) is 19.1 Å². The Bertz CT molecular complexity index is 142. The molecule has 9 heavy (non-hydrogen) atoms. The predicted octanol–water partition coefficient (Wildman–Crippen LogP) is 0.244. The lowest BCUT2D eigenvalue weighted by Crippen LogP contribution is -2.24. The molecule has 0 radical (unpaired) electrons. The fraction of sp³-hybridized carbons (Fsp3) is 0.500. The third kappa shape index (κ3) is 1.45. The van der Waals surface area contributed by atoms with Crippen LogP contribution < -0.4 is 10.6 Å². The van der Waals surface area contributed by atoms with Gasteiger partial charge in [0, 0.05) is 6.54 Å². The average molecular weight is 126 g/mol. The molecule has 0 spiro atoms. The number of carbonyl (C=O) groups excluding carboxylic acids is 1. The molecule has 3 nitrogen and oxygen atoms in total. The van der Waals surface area contributed by atoms with Crippen molar-refractivity contribution in [3.05, 3.63) is 12.2 Å². The van der Waals surface area contributed by atoms with Gasteiger partial charge in [0.25, 0.3) is 0 Å². The van der Waals surface area contributed by atoms with E-state index in [0.29, 0.717) is 6.54 Å². The zero-order chi connectivity index (χ0) is 6.69. The van der Waals surface area contributed by atoms with Crippen molar-refractivity contribution in [1.29, 1.82) is 0 Å². The van der Waals surface area contributed by atoms with Crippen molar-refractivity contribution in [2.75, 3.05) is 6.54 Å². The van der Waals surface area contributed by atoms with Gasteiger partial charge in [-0.2, -0.15) is 0 Å². The number of allylic oxidation sites excluding steroid dienone is 1. The molecule has 1 heterocycles. The molecule has 1 fully saturated rings. The SMILES string of the molecule is CC=CC1CNC(=O)N1. The van der Waals surface area contributed by atoms with Gasteiger partial charge in [-0.15, -0.1) is 0 Å². The molecule has 0 aliphatic carbocycles. The Kier molecular flexibility index (Phi) is 1.72. The quantitative estimate of drug-likeness (QED) is 0.486. The molecule has 0 aromatic heterocycles. The molecule has 1 rings (SSSR count). The second-order valence-electron chi connectivity index (χ2n) is 1.99. The van der Waals surface area contributed by atoms with Crippen LogP contribution in [0.25, 0.3) is 0 Å². The predicted molar refractivity (Wildman–Crippen MR) is 35.1 cm³/mol. The van der Waals surface area contributed by atoms with Crippen molar-refractivity contribution in [2.24, 2.45) is 0 Å². The largest absolute Gasteiger partial charge is 0.336 e. The third-order valence-corrected chi connectivity index (χ3v) is 1.22. The van der Waals surface area contributed by atoms with E-state index < -0.39 is 0 Å². The molecule has 1 aliphatic rings. The van der Waals surface area contributed by atoms with Crippen molar-refractivity contribution in [3.8, 4) is 0 Å². The minimum absolute atomic E-state index is 0.0712. The van der Waals surface area contributed by atoms with Gasteiger partial charge in [0.05, 0.1) is 6.04 Å². The van der Waals surface area contributed by atoms with Crippen molar-refractivity contribution >= 4 is 6.03 Å². The number of amides is 2. The Morgan fingerprint density at radius 2 is 2.56 bits per heavy atom. The average Bonchev–Trinajstić information content (AvgIpc) is 2.17. The Morgan fingerprint density at radius 1 is 1.78 bits per heavy atom. The van der Waals surface area contributed by atoms with Crippen molar-refractivity contribution in [3.63, 3.8) is 0 Å². The standard InChI is InChI=1S/C6H10N2O/c1-2-3-5-4-7-6(9)8-5/h2-3,5H,4H2,1H3,(H2,7,8,9). The summed E-state index contributed by atoms with van der Waals surface area (Å²) >= 11 is 0. The number of rotatable bonds is 1. The first-order chi connectivity index (χ1) is 4.33. The summed E-state index contributed by atoms with van der Waals surface area (Å²) < 4.78 is 0. The van der Waals surface area contributed by atoms with Crippen molar-refractivity contribution in [1.82, 2.24) is 10.6 Å². The van der Waals surface area contributed by atoms with Gasteiger partial charge in [0.15, 0.2) is 0 Å². The van der Waals surface area contributed by atoms with Gasteiger partial charge < -0.3 is 10.6 Å². The number of urea groups is 1. The highest BCUT2D eigenvalue weighted by Gasteiger charge is 2.15. The number of carbonyl (C=O) groups is 1. The van der Waals surface area contributed by atoms with E-state index in [2.05, 4.69) is 10.6 Å². The molecule has 2 amide bonds. The second-order valence-corrected chi connectivity index (χ2v) is 1.99. The van der Waals surface area contributed by atoms with E-state index in [1.54, 1.807) is 0 Å². The Balaban J connectivity index is 2.39. The smallest absolute Gasteiger partial charge is 0.315 e. The van der Waals surface area contributed by atoms with E-state index in [4.69, 9.17) is 0 Å². The molecule has 1 atom stereocenters. The fourth-order valence-corrected chi connectivity index (χ4v) is 0.822. The normalized spacial score (nSPS) is 26.3. The first-order valence-corrected chi connectivity index (χ1v) is 3.00. The molecule has 3 heteroatoms. The molecular formula is C6H10N2O. The topological polar surface area (TPSA) is 41.1 Å². The van der Waals surface area contributed by atoms with Gasteiger partial charge >= 0.3 is 6.03 Å². The monoisotopic (exact) mass is 126 g/mol. The summed E-state index contributed by atoms with van der Waals surface area (Å²) in [4.78, 5) is 10.5. The Labute approximate surface area is 54.1 Å². The number of nitrogens with one attached hydrogen (secondary N) is 2. The highest BCUT2D eigenvalue weighted by molar-refractivity contribution is 5.76. The maximum Gasteiger partial charge on any atom is 0.315 e. The Morgan fingerprint density at radius 3 is 3.00 bits per heavy atom. The van der Waals surface area contributed by atoms with E-state index in [1.165, 1.54) is 0 Å². The summed E-state index contributed by atoms with van der Waals surface area (Å²) in [6.45, 7) is 2.65. The minimum atomic E-state index is -0.0712. The maximum atomic E-state index is 10.5. The van der Waals surface area contributed by atoms with Crippen LogP contribution in [0.4, 0.5) is 4.79 Å². The molecule has 1 unspecified atom stereocenters. The summed E-state index contributed by atoms with van der Waals surface area (Å²) in [5.74, 6) is 0. The zero-order valence-electron chi connectivity index (χ0n) is 5.35. The molecule has 2 N–H and O–H groups in total. The minimum Gasteiger partial charge on any atom is -0.336 e. The molecule has 50 valence electrons. The van der Waals surface area contributed by atoms with Crippen LogP contribution in [0.15, 0.2) is 12.2 Å². The van der Waals surface area contributed by atoms with Gasteiger partial charge in [0.1, 0.15) is 0 Å². The first kappa shape index (κ1) is 6.13. The van der Waals surface area contributed by atoms with Crippen LogP contribution in [-0.2, 0) is 0 Å². The van der Waals surface area contributed by atoms with Gasteiger partial charge in [-0.25, -0.2) is 4.79 Å². The molecule has 0 aromatic carbocycles. The van der Waals surface area contributed by atoms with E-state index in [-0.39, 0.29) is 12.1 Å². The van der Waals surface area contributed by atoms with E-state index >= 15 is 0 Å². The molecule has 0 aromatic rings. The first-order valence-electron chi connectivity index (χ1n) is 3.00. The summed E-state index contributed by atoms with van der Waals surface area (Å²) in [6, 6.07) is 0.126. The molecule has 1 aliphatic heterocycles. The highest BCUT2D eigenvalue weighted by Crippen LogP contribution is 1.90. The van der Waals surface area contributed by atoms with Crippen LogP contribution in [0, 0.1) is 0 Å². The lowest BCUT2D eigenvalue weighted by molar-refractivity contribution is 0.248. The van der Waals surface area contributed by atoms with Gasteiger partial charge in [-0.3, -0.25) is 0 Å². The fourth-order valence-electron chi connectivity index (χ4n) is 0.822. The van der Waals surface area contributed by atoms with E-state index in [0.717, 1.165) is 0 Å². The van der Waals surface area contributed by atoms with Gasteiger partial charge in [-0.05, 0) is 6.92 Å². The second kappa shape index (κ2) is 2.53. The van der Waals surface area contributed by atoms with Crippen molar-refractivity contribution in [2.45, 2.75) is 13.0 Å². The van der Waals surface area contributed by atoms with Crippen LogP contribution in [0.2, 0.25) is 0 Å². The maximum absolute atomic E-state index is 10.5. The van der Waals surface area contributed by atoms with Crippen LogP contribution in [0.3, 0.4) is 0 Å². The number of hydrogen-bond acceptors (Lipinski definition) is 1. The zero-order valence-corrected chi connectivity index (χ0v) is 5.35. The van der Waals surface area contributed by atoms with Crippen molar-refractivity contribution < 1.29 is 4.79 Å². The third-order valence-electron chi connectivity index (χ3n) is 1.22. The molecule has 0 saturated carbocycles. The lowest BCUT2D eigenvalue weighted by atomic mass is 10.3. The van der Waals surface area contributed by atoms with Crippen LogP contribution in [-0.4, -0.2) is 18.6 Å². The molecular weight excluding hydrogens is 116 g/mol. The lowest BCUT2D eigenvalue weighted by Gasteiger charge is -1.97. The van der Waals surface area contributed by atoms with Crippen LogP contribution >= 0.6 is 0 Å². The van der Waals surface area contributed by atoms with Crippen LogP contribution in [0.5, 0.6) is 0 Å². The summed E-state index contributed by atoms with van der Waals surface area (Å²) in [7, 11) is 0. The highest BCUT2D eigenvalue weighted by atomic mass is 16.2. The van der Waals surface area contributed by atoms with Crippen LogP contribution in [0.1, 0.15) is 6.92 Å². The summed E-state index contributed by atoms with van der Waals surface area (Å²) in [6.07, 6.45) is 3.88. The Hall–Kier alpha value is -0.990. The summed E-state index contributed by atoms with van der Waals surface area (Å²) in [5.41, 5.74) is 0. The van der Waals surface area contributed by atoms with E-state index in [9.17, 15) is 4.79 Å². The molecule has 1 saturated heterocycles. The number of hydrogen-bond donors (Lipinski definition) is 2.